The van der Waals surface area contributed by atoms with Gasteiger partial charge in [0.05, 0.1) is 70.6 Å². The minimum absolute atomic E-state index is 0.174. The van der Waals surface area contributed by atoms with Crippen LogP contribution >= 0.6 is 0 Å². The van der Waals surface area contributed by atoms with Crippen LogP contribution in [-0.2, 0) is 10.8 Å². The zero-order valence-corrected chi connectivity index (χ0v) is 54.5. The summed E-state index contributed by atoms with van der Waals surface area (Å²) in [7, 11) is 0. The SMILES string of the molecule is CCCCCCCCCCOc1cc2nc3c4cc(C(C)(C)C)cc5c6nc7cc(OCCCCCCCCCC)c(OCCCCCCCCCC)cc7nc6c6cc(C(C)(C)C)cc(c3nc2cc1OCCCCCCCCCC)c6c45. The van der Waals surface area contributed by atoms with E-state index in [2.05, 4.69) is 118 Å². The van der Waals surface area contributed by atoms with Crippen molar-refractivity contribution in [3.63, 3.8) is 0 Å². The predicted octanol–water partition coefficient (Wildman–Crippen LogP) is 23.4. The van der Waals surface area contributed by atoms with Crippen LogP contribution in [0.3, 0.4) is 0 Å². The van der Waals surface area contributed by atoms with E-state index in [4.69, 9.17) is 38.9 Å². The molecule has 84 heavy (non-hydrogen) atoms. The molecule has 0 saturated carbocycles. The minimum Gasteiger partial charge on any atom is -0.490 e. The van der Waals surface area contributed by atoms with Crippen LogP contribution in [0.2, 0.25) is 0 Å². The maximum Gasteiger partial charge on any atom is 0.163 e. The molecule has 0 radical (unpaired) electrons. The first-order valence-corrected chi connectivity index (χ1v) is 34.5. The highest BCUT2D eigenvalue weighted by molar-refractivity contribution is 6.39. The smallest absolute Gasteiger partial charge is 0.163 e. The Labute approximate surface area is 507 Å². The van der Waals surface area contributed by atoms with Crippen molar-refractivity contribution >= 4 is 76.5 Å². The van der Waals surface area contributed by atoms with Crippen molar-refractivity contribution in [1.82, 2.24) is 19.9 Å². The third-order valence-electron chi connectivity index (χ3n) is 17.8. The molecule has 0 N–H and O–H groups in total. The summed E-state index contributed by atoms with van der Waals surface area (Å²) >= 11 is 0. The molecule has 8 aromatic rings. The molecule has 0 aliphatic carbocycles. The fourth-order valence-electron chi connectivity index (χ4n) is 12.4. The summed E-state index contributed by atoms with van der Waals surface area (Å²) in [5.74, 6) is 3.05. The van der Waals surface area contributed by atoms with Gasteiger partial charge in [-0.1, -0.05) is 249 Å². The highest BCUT2D eigenvalue weighted by Crippen LogP contribution is 2.48. The number of hydrogen-bond acceptors (Lipinski definition) is 8. The van der Waals surface area contributed by atoms with Gasteiger partial charge in [-0.25, -0.2) is 19.9 Å². The molecule has 8 heteroatoms. The van der Waals surface area contributed by atoms with Gasteiger partial charge in [0.1, 0.15) is 0 Å². The van der Waals surface area contributed by atoms with E-state index in [0.717, 1.165) is 125 Å². The minimum atomic E-state index is -0.174. The van der Waals surface area contributed by atoms with Gasteiger partial charge in [-0.15, -0.1) is 0 Å². The largest absolute Gasteiger partial charge is 0.490 e. The van der Waals surface area contributed by atoms with Crippen LogP contribution in [0.15, 0.2) is 48.5 Å². The summed E-state index contributed by atoms with van der Waals surface area (Å²) in [6, 6.07) is 18.0. The van der Waals surface area contributed by atoms with Crippen molar-refractivity contribution in [3.8, 4) is 23.0 Å². The van der Waals surface area contributed by atoms with E-state index in [9.17, 15) is 0 Å². The molecule has 8 nitrogen and oxygen atoms in total. The molecule has 0 spiro atoms. The summed E-state index contributed by atoms with van der Waals surface area (Å²) in [5, 5.41) is 6.65. The average Bonchev–Trinajstić information content (AvgIpc) is 0.875. The Kier molecular flexibility index (Phi) is 25.0. The van der Waals surface area contributed by atoms with Crippen molar-refractivity contribution < 1.29 is 18.9 Å². The molecular formula is C76H110N4O4. The first-order chi connectivity index (χ1) is 40.8. The van der Waals surface area contributed by atoms with Gasteiger partial charge < -0.3 is 18.9 Å². The Hall–Kier alpha value is -5.24. The Bertz CT molecular complexity index is 2880. The molecule has 2 aromatic heterocycles. The van der Waals surface area contributed by atoms with Crippen LogP contribution in [0.4, 0.5) is 0 Å². The molecule has 2 heterocycles. The summed E-state index contributed by atoms with van der Waals surface area (Å²) in [5.41, 5.74) is 8.90. The summed E-state index contributed by atoms with van der Waals surface area (Å²) in [4.78, 5) is 22.8. The molecular weight excluding hydrogens is 1030 g/mol. The van der Waals surface area contributed by atoms with E-state index < -0.39 is 0 Å². The van der Waals surface area contributed by atoms with Gasteiger partial charge in [0.25, 0.3) is 0 Å². The van der Waals surface area contributed by atoms with Gasteiger partial charge in [0.15, 0.2) is 23.0 Å². The summed E-state index contributed by atoms with van der Waals surface area (Å²) in [6.45, 7) is 25.6. The van der Waals surface area contributed by atoms with E-state index in [1.807, 2.05) is 0 Å². The topological polar surface area (TPSA) is 88.5 Å². The molecule has 0 atom stereocenters. The lowest BCUT2D eigenvalue weighted by molar-refractivity contribution is 0.259. The molecule has 0 aliphatic rings. The van der Waals surface area contributed by atoms with E-state index >= 15 is 0 Å². The van der Waals surface area contributed by atoms with Crippen LogP contribution in [0, 0.1) is 0 Å². The number of hydrogen-bond donors (Lipinski definition) is 0. The van der Waals surface area contributed by atoms with Gasteiger partial charge in [-0.2, -0.15) is 0 Å². The van der Waals surface area contributed by atoms with Crippen molar-refractivity contribution in [1.29, 1.82) is 0 Å². The van der Waals surface area contributed by atoms with Gasteiger partial charge in [0.2, 0.25) is 0 Å². The second kappa shape index (κ2) is 32.5. The second-order valence-electron chi connectivity index (χ2n) is 27.1. The maximum atomic E-state index is 6.72. The lowest BCUT2D eigenvalue weighted by Crippen LogP contribution is -2.12. The van der Waals surface area contributed by atoms with Crippen LogP contribution in [-0.4, -0.2) is 46.4 Å². The van der Waals surface area contributed by atoms with Crippen molar-refractivity contribution in [2.45, 2.75) is 286 Å². The molecule has 0 saturated heterocycles. The first kappa shape index (κ1) is 64.8. The Morgan fingerprint density at radius 1 is 0.262 bits per heavy atom. The van der Waals surface area contributed by atoms with Crippen molar-refractivity contribution in [2.75, 3.05) is 26.4 Å². The zero-order chi connectivity index (χ0) is 59.3. The third-order valence-corrected chi connectivity index (χ3v) is 17.8. The number of rotatable bonds is 40. The lowest BCUT2D eigenvalue weighted by atomic mass is 9.80. The van der Waals surface area contributed by atoms with E-state index in [1.165, 1.54) is 191 Å². The summed E-state index contributed by atoms with van der Waals surface area (Å²) < 4.78 is 26.9. The highest BCUT2D eigenvalue weighted by atomic mass is 16.5. The van der Waals surface area contributed by atoms with Gasteiger partial charge >= 0.3 is 0 Å². The predicted molar refractivity (Wildman–Crippen MR) is 361 cm³/mol. The lowest BCUT2D eigenvalue weighted by Gasteiger charge is -2.25. The number of nitrogens with zero attached hydrogens (tertiary/aromatic N) is 4. The molecule has 0 amide bonds. The van der Waals surface area contributed by atoms with Crippen LogP contribution < -0.4 is 18.9 Å². The quantitative estimate of drug-likeness (QED) is 0.0213. The molecule has 0 aliphatic heterocycles. The standard InChI is InChI=1S/C76H110N4O4/c1-11-15-19-23-27-31-35-39-43-81-65-51-61-62(52-66(65)82-44-40-36-32-28-24-20-16-12-2)78-72-58-48-56(76(8,9)10)50-60-70(58)69-57(71(72)77-61)47-55(75(5,6)7)49-59(69)73-74(60)80-64-54-68(84-46-42-38-34-30-26-22-18-14-4)67(53-63(64)79-73)83-45-41-37-33-29-25-21-17-13-3/h47-54H,11-46H2,1-10H3. The molecule has 0 fully saturated rings. The van der Waals surface area contributed by atoms with Crippen molar-refractivity contribution in [3.05, 3.63) is 59.7 Å². The zero-order valence-electron chi connectivity index (χ0n) is 54.5. The monoisotopic (exact) mass is 1140 g/mol. The third kappa shape index (κ3) is 17.5. The van der Waals surface area contributed by atoms with Gasteiger partial charge in [-0.3, -0.25) is 0 Å². The fourth-order valence-corrected chi connectivity index (χ4v) is 12.4. The number of aromatic nitrogens is 4. The first-order valence-electron chi connectivity index (χ1n) is 34.5. The molecule has 0 unspecified atom stereocenters. The average molecular weight is 1140 g/mol. The van der Waals surface area contributed by atoms with Gasteiger partial charge in [-0.05, 0) is 71.9 Å². The van der Waals surface area contributed by atoms with Crippen LogP contribution in [0.25, 0.3) is 76.5 Å². The van der Waals surface area contributed by atoms with E-state index in [1.54, 1.807) is 0 Å². The van der Waals surface area contributed by atoms with Crippen LogP contribution in [0.5, 0.6) is 23.0 Å². The number of unbranched alkanes of at least 4 members (excludes halogenated alkanes) is 28. The Morgan fingerprint density at radius 3 is 0.643 bits per heavy atom. The normalized spacial score (nSPS) is 12.5. The van der Waals surface area contributed by atoms with Crippen LogP contribution in [0.1, 0.15) is 286 Å². The highest BCUT2D eigenvalue weighted by Gasteiger charge is 2.27. The summed E-state index contributed by atoms with van der Waals surface area (Å²) in [6.07, 6.45) is 40.0. The number of benzene rings is 6. The number of fused-ring (bicyclic) bond motifs is 8. The molecule has 6 aromatic carbocycles. The van der Waals surface area contributed by atoms with Crippen molar-refractivity contribution in [2.24, 2.45) is 0 Å². The van der Waals surface area contributed by atoms with E-state index in [0.29, 0.717) is 26.4 Å². The number of ether oxygens (including phenoxy) is 4. The molecule has 8 rings (SSSR count). The van der Waals surface area contributed by atoms with E-state index in [-0.39, 0.29) is 10.8 Å². The Balaban J connectivity index is 1.23. The fraction of sp³-hybridized carbons (Fsp3) is 0.632. The van der Waals surface area contributed by atoms with Gasteiger partial charge in [0, 0.05) is 56.6 Å². The molecule has 458 valence electrons. The second-order valence-corrected chi connectivity index (χ2v) is 27.1. The maximum absolute atomic E-state index is 6.72. The molecule has 0 bridgehead atoms. The Morgan fingerprint density at radius 2 is 0.452 bits per heavy atom.